The molecule has 1 atom stereocenters. The molecular formula is C10H14O. The predicted molar refractivity (Wildman–Crippen MR) is 44.3 cm³/mol. The minimum atomic E-state index is -0.0156. The van der Waals surface area contributed by atoms with Crippen molar-refractivity contribution in [1.29, 1.82) is 0 Å². The molecule has 1 heteroatoms. The zero-order chi connectivity index (χ0) is 7.90. The summed E-state index contributed by atoms with van der Waals surface area (Å²) in [6.45, 7) is 4.02. The molecule has 0 aliphatic heterocycles. The number of carbonyl (C=O) groups is 1. The van der Waals surface area contributed by atoms with E-state index in [0.717, 1.165) is 25.7 Å². The normalized spacial score (nSPS) is 37.5. The monoisotopic (exact) mass is 150 g/mol. The Morgan fingerprint density at radius 3 is 2.36 bits per heavy atom. The highest BCUT2D eigenvalue weighted by molar-refractivity contribution is 5.93. The highest BCUT2D eigenvalue weighted by Gasteiger charge is 2.48. The lowest BCUT2D eigenvalue weighted by Gasteiger charge is -2.44. The van der Waals surface area contributed by atoms with E-state index >= 15 is 0 Å². The second kappa shape index (κ2) is 2.20. The third-order valence-corrected chi connectivity index (χ3v) is 3.32. The molecule has 2 rings (SSSR count). The van der Waals surface area contributed by atoms with Gasteiger partial charge in [0.1, 0.15) is 5.78 Å². The summed E-state index contributed by atoms with van der Waals surface area (Å²) in [5.74, 6) is 0.460. The Hall–Kier alpha value is -0.590. The van der Waals surface area contributed by atoms with Crippen LogP contribution in [0.1, 0.15) is 38.5 Å². The first-order valence-corrected chi connectivity index (χ1v) is 4.47. The molecule has 0 bridgehead atoms. The number of hydrogen-bond acceptors (Lipinski definition) is 1. The molecule has 60 valence electrons. The molecule has 0 N–H and O–H groups in total. The van der Waals surface area contributed by atoms with Crippen LogP contribution in [0.4, 0.5) is 0 Å². The molecule has 0 aromatic rings. The molecule has 0 saturated heterocycles. The van der Waals surface area contributed by atoms with Gasteiger partial charge in [-0.05, 0) is 25.7 Å². The van der Waals surface area contributed by atoms with Gasteiger partial charge in [-0.1, -0.05) is 18.6 Å². The van der Waals surface area contributed by atoms with Crippen molar-refractivity contribution >= 4 is 5.78 Å². The Balaban J connectivity index is 2.21. The van der Waals surface area contributed by atoms with Gasteiger partial charge in [0.2, 0.25) is 0 Å². The number of ketones is 1. The highest BCUT2D eigenvalue weighted by Crippen LogP contribution is 2.51. The second-order valence-corrected chi connectivity index (χ2v) is 3.82. The van der Waals surface area contributed by atoms with Crippen molar-refractivity contribution in [1.82, 2.24) is 0 Å². The Kier molecular flexibility index (Phi) is 1.41. The van der Waals surface area contributed by atoms with Crippen LogP contribution in [0.2, 0.25) is 0 Å². The average Bonchev–Trinajstić information content (AvgIpc) is 2.03. The fourth-order valence-electron chi connectivity index (χ4n) is 2.35. The number of Topliss-reactive ketones (excluding diaryl/α,β-unsaturated/α-hetero) is 1. The number of allylic oxidation sites excluding steroid dienone is 1. The minimum Gasteiger partial charge on any atom is -0.299 e. The molecule has 11 heavy (non-hydrogen) atoms. The van der Waals surface area contributed by atoms with Gasteiger partial charge < -0.3 is 0 Å². The van der Waals surface area contributed by atoms with E-state index in [2.05, 4.69) is 6.58 Å². The van der Waals surface area contributed by atoms with Gasteiger partial charge in [0.05, 0.1) is 0 Å². The number of carbonyl (C=O) groups excluding carboxylic acids is 1. The molecule has 1 spiro atoms. The Morgan fingerprint density at radius 2 is 2.00 bits per heavy atom. The maximum Gasteiger partial charge on any atom is 0.143 e. The Morgan fingerprint density at radius 1 is 1.18 bits per heavy atom. The summed E-state index contributed by atoms with van der Waals surface area (Å²) >= 11 is 0. The molecule has 0 aromatic carbocycles. The smallest absolute Gasteiger partial charge is 0.143 e. The van der Waals surface area contributed by atoms with Crippen LogP contribution < -0.4 is 0 Å². The fourth-order valence-corrected chi connectivity index (χ4v) is 2.35. The lowest BCUT2D eigenvalue weighted by atomic mass is 9.58. The summed E-state index contributed by atoms with van der Waals surface area (Å²) in [5.41, 5.74) is 1.21. The van der Waals surface area contributed by atoms with Crippen LogP contribution in [0.15, 0.2) is 12.2 Å². The van der Waals surface area contributed by atoms with Crippen molar-refractivity contribution < 1.29 is 4.79 Å². The van der Waals surface area contributed by atoms with E-state index in [-0.39, 0.29) is 5.41 Å². The van der Waals surface area contributed by atoms with Gasteiger partial charge in [-0.15, -0.1) is 0 Å². The van der Waals surface area contributed by atoms with Crippen molar-refractivity contribution in [3.05, 3.63) is 12.2 Å². The van der Waals surface area contributed by atoms with Gasteiger partial charge in [0, 0.05) is 11.8 Å². The maximum atomic E-state index is 11.4. The minimum absolute atomic E-state index is 0.0156. The van der Waals surface area contributed by atoms with E-state index in [9.17, 15) is 4.79 Å². The predicted octanol–water partition coefficient (Wildman–Crippen LogP) is 2.47. The number of rotatable bonds is 0. The first-order chi connectivity index (χ1) is 5.26. The Labute approximate surface area is 67.5 Å². The molecule has 0 heterocycles. The molecule has 2 saturated carbocycles. The van der Waals surface area contributed by atoms with E-state index in [0.29, 0.717) is 5.78 Å². The maximum absolute atomic E-state index is 11.4. The average molecular weight is 150 g/mol. The molecule has 0 radical (unpaired) electrons. The first kappa shape index (κ1) is 7.08. The van der Waals surface area contributed by atoms with Gasteiger partial charge in [-0.25, -0.2) is 0 Å². The SMILES string of the molecule is C=C1CCCCC12CCC2=O. The van der Waals surface area contributed by atoms with Crippen molar-refractivity contribution in [3.8, 4) is 0 Å². The summed E-state index contributed by atoms with van der Waals surface area (Å²) in [5, 5.41) is 0. The van der Waals surface area contributed by atoms with Crippen molar-refractivity contribution in [2.45, 2.75) is 38.5 Å². The zero-order valence-corrected chi connectivity index (χ0v) is 6.86. The van der Waals surface area contributed by atoms with Crippen LogP contribution in [0.5, 0.6) is 0 Å². The van der Waals surface area contributed by atoms with Gasteiger partial charge >= 0.3 is 0 Å². The van der Waals surface area contributed by atoms with E-state index in [1.165, 1.54) is 18.4 Å². The quantitative estimate of drug-likeness (QED) is 0.485. The van der Waals surface area contributed by atoms with Crippen molar-refractivity contribution in [2.24, 2.45) is 5.41 Å². The summed E-state index contributed by atoms with van der Waals surface area (Å²) in [7, 11) is 0. The lowest BCUT2D eigenvalue weighted by molar-refractivity contribution is -0.136. The fraction of sp³-hybridized carbons (Fsp3) is 0.700. The van der Waals surface area contributed by atoms with E-state index in [1.54, 1.807) is 0 Å². The lowest BCUT2D eigenvalue weighted by Crippen LogP contribution is -2.43. The van der Waals surface area contributed by atoms with Gasteiger partial charge in [-0.2, -0.15) is 0 Å². The standard InChI is InChI=1S/C10H14O/c1-8-4-2-3-6-10(8)7-5-9(10)11/h1-7H2. The molecule has 1 unspecified atom stereocenters. The van der Waals surface area contributed by atoms with Crippen molar-refractivity contribution in [2.75, 3.05) is 0 Å². The molecule has 0 amide bonds. The molecule has 2 aliphatic rings. The summed E-state index contributed by atoms with van der Waals surface area (Å²) in [6.07, 6.45) is 6.54. The van der Waals surface area contributed by atoms with Crippen LogP contribution in [0.25, 0.3) is 0 Å². The Bertz CT molecular complexity index is 217. The van der Waals surface area contributed by atoms with Gasteiger partial charge in [0.15, 0.2) is 0 Å². The van der Waals surface area contributed by atoms with Crippen LogP contribution in [0.3, 0.4) is 0 Å². The molecule has 0 aromatic heterocycles. The van der Waals surface area contributed by atoms with E-state index in [4.69, 9.17) is 0 Å². The third kappa shape index (κ3) is 0.800. The second-order valence-electron chi connectivity index (χ2n) is 3.82. The van der Waals surface area contributed by atoms with Crippen molar-refractivity contribution in [3.63, 3.8) is 0 Å². The summed E-state index contributed by atoms with van der Waals surface area (Å²) < 4.78 is 0. The molecule has 2 fully saturated rings. The highest BCUT2D eigenvalue weighted by atomic mass is 16.1. The molecule has 1 nitrogen and oxygen atoms in total. The number of hydrogen-bond donors (Lipinski definition) is 0. The molecular weight excluding hydrogens is 136 g/mol. The van der Waals surface area contributed by atoms with Gasteiger partial charge in [0.25, 0.3) is 0 Å². The topological polar surface area (TPSA) is 17.1 Å². The van der Waals surface area contributed by atoms with Crippen LogP contribution in [-0.2, 0) is 4.79 Å². The summed E-state index contributed by atoms with van der Waals surface area (Å²) in [4.78, 5) is 11.4. The first-order valence-electron chi connectivity index (χ1n) is 4.47. The van der Waals surface area contributed by atoms with Crippen LogP contribution in [0, 0.1) is 5.41 Å². The van der Waals surface area contributed by atoms with E-state index < -0.39 is 0 Å². The third-order valence-electron chi connectivity index (χ3n) is 3.32. The largest absolute Gasteiger partial charge is 0.299 e. The van der Waals surface area contributed by atoms with E-state index in [1.807, 2.05) is 0 Å². The van der Waals surface area contributed by atoms with Crippen LogP contribution in [-0.4, -0.2) is 5.78 Å². The van der Waals surface area contributed by atoms with Crippen LogP contribution >= 0.6 is 0 Å². The molecule has 2 aliphatic carbocycles. The zero-order valence-electron chi connectivity index (χ0n) is 6.86. The summed E-state index contributed by atoms with van der Waals surface area (Å²) in [6, 6.07) is 0. The van der Waals surface area contributed by atoms with Gasteiger partial charge in [-0.3, -0.25) is 4.79 Å².